The molecule has 0 radical (unpaired) electrons. The van der Waals surface area contributed by atoms with Gasteiger partial charge in [0.2, 0.25) is 0 Å². The van der Waals surface area contributed by atoms with E-state index in [1.165, 1.54) is 23.5 Å². The summed E-state index contributed by atoms with van der Waals surface area (Å²) in [5.41, 5.74) is 1.76. The summed E-state index contributed by atoms with van der Waals surface area (Å²) in [5, 5.41) is 3.41. The van der Waals surface area contributed by atoms with Crippen LogP contribution in [0.15, 0.2) is 24.3 Å². The normalized spacial score (nSPS) is 23.2. The number of halogens is 1. The lowest BCUT2D eigenvalue weighted by Crippen LogP contribution is -2.48. The highest BCUT2D eigenvalue weighted by atomic mass is 32.1. The fraction of sp³-hybridized carbons (Fsp3) is 0.538. The number of rotatable bonds is 3. The van der Waals surface area contributed by atoms with Crippen molar-refractivity contribution in [2.45, 2.75) is 66.1 Å². The molecule has 1 N–H and O–H groups in total. The molecule has 2 aliphatic rings. The van der Waals surface area contributed by atoms with Gasteiger partial charge in [0.25, 0.3) is 11.8 Å². The van der Waals surface area contributed by atoms with E-state index in [2.05, 4.69) is 26.1 Å². The number of fused-ring (bicyclic) bond motifs is 1. The molecule has 4 rings (SSSR count). The summed E-state index contributed by atoms with van der Waals surface area (Å²) in [6, 6.07) is 5.91. The molecule has 33 heavy (non-hydrogen) atoms. The maximum absolute atomic E-state index is 14.2. The Bertz CT molecular complexity index is 1050. The second kappa shape index (κ2) is 9.18. The van der Waals surface area contributed by atoms with Gasteiger partial charge in [-0.15, -0.1) is 11.3 Å². The van der Waals surface area contributed by atoms with Gasteiger partial charge in [-0.25, -0.2) is 4.39 Å². The molecule has 2 aromatic rings. The number of anilines is 1. The zero-order valence-electron chi connectivity index (χ0n) is 20.0. The fourth-order valence-electron chi connectivity index (χ4n) is 4.96. The van der Waals surface area contributed by atoms with Crippen LogP contribution in [0.4, 0.5) is 9.39 Å². The molecule has 5 nitrogen and oxygen atoms in total. The molecular weight excluding hydrogens is 439 g/mol. The quantitative estimate of drug-likeness (QED) is 0.638. The summed E-state index contributed by atoms with van der Waals surface area (Å²) in [4.78, 5) is 29.7. The first-order valence-electron chi connectivity index (χ1n) is 11.7. The molecular formula is C26H33FN2O3S. The van der Waals surface area contributed by atoms with E-state index in [-0.39, 0.29) is 29.1 Å². The van der Waals surface area contributed by atoms with Crippen LogP contribution in [0.25, 0.3) is 0 Å². The van der Waals surface area contributed by atoms with E-state index in [0.29, 0.717) is 29.6 Å². The van der Waals surface area contributed by atoms with Gasteiger partial charge in [0, 0.05) is 18.0 Å². The van der Waals surface area contributed by atoms with Gasteiger partial charge in [0.05, 0.1) is 23.3 Å². The molecule has 1 aromatic carbocycles. The van der Waals surface area contributed by atoms with Crippen molar-refractivity contribution in [3.05, 3.63) is 51.7 Å². The summed E-state index contributed by atoms with van der Waals surface area (Å²) in [7, 11) is 0. The molecule has 3 unspecified atom stereocenters. The van der Waals surface area contributed by atoms with E-state index in [0.717, 1.165) is 29.7 Å². The first-order chi connectivity index (χ1) is 15.5. The molecule has 0 spiro atoms. The van der Waals surface area contributed by atoms with E-state index in [4.69, 9.17) is 4.74 Å². The number of hydrogen-bond donors (Lipinski definition) is 1. The van der Waals surface area contributed by atoms with Gasteiger partial charge in [0.1, 0.15) is 10.8 Å². The van der Waals surface area contributed by atoms with Gasteiger partial charge in [-0.05, 0) is 62.1 Å². The zero-order valence-corrected chi connectivity index (χ0v) is 20.9. The van der Waals surface area contributed by atoms with Crippen molar-refractivity contribution < 1.29 is 18.7 Å². The molecule has 7 heteroatoms. The Balaban J connectivity index is 1.71. The Hall–Kier alpha value is -2.25. The molecule has 178 valence electrons. The summed E-state index contributed by atoms with van der Waals surface area (Å²) in [6.07, 6.45) is 2.60. The molecule has 1 aliphatic carbocycles. The highest BCUT2D eigenvalue weighted by molar-refractivity contribution is 7.17. The van der Waals surface area contributed by atoms with Crippen LogP contribution in [0, 0.1) is 17.2 Å². The number of benzene rings is 1. The van der Waals surface area contributed by atoms with E-state index in [9.17, 15) is 14.0 Å². The topological polar surface area (TPSA) is 58.6 Å². The smallest absolute Gasteiger partial charge is 0.259 e. The van der Waals surface area contributed by atoms with Crippen LogP contribution in [0.2, 0.25) is 0 Å². The number of ether oxygens (including phenoxy) is 1. The van der Waals surface area contributed by atoms with Gasteiger partial charge in [0.15, 0.2) is 0 Å². The molecule has 0 saturated carbocycles. The highest BCUT2D eigenvalue weighted by Crippen LogP contribution is 2.45. The van der Waals surface area contributed by atoms with Crippen LogP contribution in [-0.2, 0) is 17.6 Å². The van der Waals surface area contributed by atoms with E-state index >= 15 is 0 Å². The van der Waals surface area contributed by atoms with E-state index in [1.807, 2.05) is 18.7 Å². The van der Waals surface area contributed by atoms with Crippen molar-refractivity contribution in [1.82, 2.24) is 4.90 Å². The number of hydrogen-bond acceptors (Lipinski definition) is 4. The van der Waals surface area contributed by atoms with E-state index in [1.54, 1.807) is 12.1 Å². The molecule has 1 fully saturated rings. The number of nitrogens with zero attached hydrogens (tertiary/aromatic N) is 1. The lowest BCUT2D eigenvalue weighted by Gasteiger charge is -2.36. The van der Waals surface area contributed by atoms with Gasteiger partial charge >= 0.3 is 0 Å². The summed E-state index contributed by atoms with van der Waals surface area (Å²) in [6.45, 7) is 11.7. The minimum Gasteiger partial charge on any atom is -0.372 e. The minimum atomic E-state index is -0.576. The average Bonchev–Trinajstić information content (AvgIpc) is 3.09. The van der Waals surface area contributed by atoms with Crippen molar-refractivity contribution in [2.75, 3.05) is 18.4 Å². The van der Waals surface area contributed by atoms with Crippen LogP contribution < -0.4 is 5.32 Å². The Morgan fingerprint density at radius 1 is 1.15 bits per heavy atom. The van der Waals surface area contributed by atoms with Crippen molar-refractivity contribution in [3.8, 4) is 0 Å². The third kappa shape index (κ3) is 4.99. The Labute approximate surface area is 199 Å². The third-order valence-electron chi connectivity index (χ3n) is 6.76. The van der Waals surface area contributed by atoms with Crippen molar-refractivity contribution in [2.24, 2.45) is 11.3 Å². The van der Waals surface area contributed by atoms with Gasteiger partial charge in [-0.1, -0.05) is 32.9 Å². The Morgan fingerprint density at radius 2 is 1.82 bits per heavy atom. The number of carbonyl (C=O) groups excluding carboxylic acids is 2. The number of morpholine rings is 1. The second-order valence-corrected chi connectivity index (χ2v) is 11.5. The molecule has 1 saturated heterocycles. The summed E-state index contributed by atoms with van der Waals surface area (Å²) >= 11 is 1.47. The largest absolute Gasteiger partial charge is 0.372 e. The van der Waals surface area contributed by atoms with Gasteiger partial charge < -0.3 is 15.0 Å². The lowest BCUT2D eigenvalue weighted by atomic mass is 9.72. The van der Waals surface area contributed by atoms with Crippen LogP contribution >= 0.6 is 11.3 Å². The number of thiophene rings is 1. The third-order valence-corrected chi connectivity index (χ3v) is 7.93. The molecule has 0 bridgehead atoms. The van der Waals surface area contributed by atoms with Crippen molar-refractivity contribution in [3.63, 3.8) is 0 Å². The number of carbonyl (C=O) groups is 2. The molecule has 3 atom stereocenters. The molecule has 1 aliphatic heterocycles. The Kier molecular flexibility index (Phi) is 6.65. The molecule has 2 amide bonds. The maximum Gasteiger partial charge on any atom is 0.259 e. The highest BCUT2D eigenvalue weighted by Gasteiger charge is 2.36. The van der Waals surface area contributed by atoms with Crippen LogP contribution in [0.5, 0.6) is 0 Å². The van der Waals surface area contributed by atoms with Crippen molar-refractivity contribution in [1.29, 1.82) is 0 Å². The van der Waals surface area contributed by atoms with Crippen LogP contribution in [0.1, 0.15) is 72.2 Å². The van der Waals surface area contributed by atoms with Gasteiger partial charge in [-0.3, -0.25) is 9.59 Å². The summed E-state index contributed by atoms with van der Waals surface area (Å²) in [5.74, 6) is -0.678. The van der Waals surface area contributed by atoms with Gasteiger partial charge in [-0.2, -0.15) is 0 Å². The predicted molar refractivity (Wildman–Crippen MR) is 130 cm³/mol. The van der Waals surface area contributed by atoms with Crippen LogP contribution in [-0.4, -0.2) is 42.0 Å². The lowest BCUT2D eigenvalue weighted by molar-refractivity contribution is -0.0586. The molecule has 1 aromatic heterocycles. The average molecular weight is 473 g/mol. The predicted octanol–water partition coefficient (Wildman–Crippen LogP) is 5.54. The number of nitrogens with one attached hydrogen (secondary N) is 1. The molecule has 2 heterocycles. The minimum absolute atomic E-state index is 0.0246. The van der Waals surface area contributed by atoms with Crippen molar-refractivity contribution >= 4 is 28.2 Å². The second-order valence-electron chi connectivity index (χ2n) is 10.4. The summed E-state index contributed by atoms with van der Waals surface area (Å²) < 4.78 is 20.1. The standard InChI is InChI=1S/C26H33FN2O3S/c1-15-13-29(14-16(2)32-15)25(31)22-19-11-10-17(26(3,4)5)12-21(19)33-24(22)28-23(30)18-8-6-7-9-20(18)27/h6-9,15-17H,10-14H2,1-5H3,(H,28,30). The SMILES string of the molecule is CC1CN(C(=O)c2c(NC(=O)c3ccccc3F)sc3c2CCC(C(C)(C)C)C3)CC(C)O1. The monoisotopic (exact) mass is 472 g/mol. The van der Waals surface area contributed by atoms with Crippen LogP contribution in [0.3, 0.4) is 0 Å². The number of amides is 2. The maximum atomic E-state index is 14.2. The zero-order chi connectivity index (χ0) is 23.9. The fourth-order valence-corrected chi connectivity index (χ4v) is 6.27. The Morgan fingerprint density at radius 3 is 2.45 bits per heavy atom. The first kappa shape index (κ1) is 23.9. The van der Waals surface area contributed by atoms with E-state index < -0.39 is 11.7 Å². The first-order valence-corrected chi connectivity index (χ1v) is 12.5.